The number of fused-ring (bicyclic) bond motifs is 1. The van der Waals surface area contributed by atoms with Crippen LogP contribution < -0.4 is 4.74 Å². The van der Waals surface area contributed by atoms with E-state index in [4.69, 9.17) is 9.47 Å². The van der Waals surface area contributed by atoms with Crippen molar-refractivity contribution in [2.24, 2.45) is 0 Å². The molecular formula is C21H19NO5S. The van der Waals surface area contributed by atoms with E-state index in [9.17, 15) is 13.2 Å². The van der Waals surface area contributed by atoms with Gasteiger partial charge in [0.2, 0.25) is 10.0 Å². The van der Waals surface area contributed by atoms with Crippen LogP contribution in [0.2, 0.25) is 0 Å². The third-order valence-electron chi connectivity index (χ3n) is 4.61. The maximum Gasteiger partial charge on any atom is 0.343 e. The van der Waals surface area contributed by atoms with Gasteiger partial charge in [0.15, 0.2) is 0 Å². The molecule has 3 aromatic rings. The Hall–Kier alpha value is -2.74. The monoisotopic (exact) mass is 397 g/mol. The van der Waals surface area contributed by atoms with E-state index in [0.29, 0.717) is 32.1 Å². The molecule has 144 valence electrons. The molecule has 0 radical (unpaired) electrons. The van der Waals surface area contributed by atoms with Gasteiger partial charge in [-0.1, -0.05) is 36.4 Å². The van der Waals surface area contributed by atoms with Crippen LogP contribution >= 0.6 is 0 Å². The smallest absolute Gasteiger partial charge is 0.343 e. The first-order valence-electron chi connectivity index (χ1n) is 8.93. The number of hydrogen-bond donors (Lipinski definition) is 0. The van der Waals surface area contributed by atoms with Crippen LogP contribution in [0.1, 0.15) is 10.4 Å². The highest BCUT2D eigenvalue weighted by Crippen LogP contribution is 2.23. The van der Waals surface area contributed by atoms with Crippen molar-refractivity contribution < 1.29 is 22.7 Å². The summed E-state index contributed by atoms with van der Waals surface area (Å²) in [5.74, 6) is -0.195. The second-order valence-electron chi connectivity index (χ2n) is 6.44. The van der Waals surface area contributed by atoms with Gasteiger partial charge in [0.25, 0.3) is 0 Å². The predicted octanol–water partition coefficient (Wildman–Crippen LogP) is 3.08. The standard InChI is InChI=1S/C21H19NO5S/c23-21(27-19-9-8-16-4-1-2-5-17(16)14-19)18-6-3-7-20(15-18)28(24,25)22-10-12-26-13-11-22/h1-9,14-15H,10-13H2. The Morgan fingerprint density at radius 3 is 2.43 bits per heavy atom. The molecule has 0 bridgehead atoms. The third kappa shape index (κ3) is 3.77. The van der Waals surface area contributed by atoms with Gasteiger partial charge in [-0.05, 0) is 41.1 Å². The van der Waals surface area contributed by atoms with Crippen molar-refractivity contribution in [3.63, 3.8) is 0 Å². The van der Waals surface area contributed by atoms with E-state index in [-0.39, 0.29) is 10.5 Å². The topological polar surface area (TPSA) is 72.9 Å². The number of rotatable bonds is 4. The van der Waals surface area contributed by atoms with Gasteiger partial charge in [0, 0.05) is 13.1 Å². The second-order valence-corrected chi connectivity index (χ2v) is 8.38. The molecule has 3 aromatic carbocycles. The number of carbonyl (C=O) groups excluding carboxylic acids is 1. The van der Waals surface area contributed by atoms with Crippen molar-refractivity contribution in [2.45, 2.75) is 4.90 Å². The molecule has 1 aliphatic heterocycles. The Labute approximate surface area is 163 Å². The molecule has 0 aliphatic carbocycles. The number of nitrogens with zero attached hydrogens (tertiary/aromatic N) is 1. The van der Waals surface area contributed by atoms with E-state index >= 15 is 0 Å². The Bertz CT molecular complexity index is 1120. The molecule has 0 saturated carbocycles. The maximum atomic E-state index is 12.8. The van der Waals surface area contributed by atoms with Crippen LogP contribution in [0, 0.1) is 0 Å². The molecule has 0 spiro atoms. The summed E-state index contributed by atoms with van der Waals surface area (Å²) in [5, 5.41) is 2.00. The van der Waals surface area contributed by atoms with Crippen molar-refractivity contribution in [2.75, 3.05) is 26.3 Å². The molecule has 1 heterocycles. The summed E-state index contributed by atoms with van der Waals surface area (Å²) >= 11 is 0. The molecule has 1 aliphatic rings. The molecular weight excluding hydrogens is 378 g/mol. The Balaban J connectivity index is 1.57. The van der Waals surface area contributed by atoms with Gasteiger partial charge in [0.05, 0.1) is 23.7 Å². The lowest BCUT2D eigenvalue weighted by molar-refractivity contribution is 0.0727. The van der Waals surface area contributed by atoms with Gasteiger partial charge < -0.3 is 9.47 Å². The van der Waals surface area contributed by atoms with Crippen LogP contribution in [0.15, 0.2) is 71.6 Å². The largest absolute Gasteiger partial charge is 0.423 e. The van der Waals surface area contributed by atoms with Crippen molar-refractivity contribution in [3.8, 4) is 5.75 Å². The second kappa shape index (κ2) is 7.71. The summed E-state index contributed by atoms with van der Waals surface area (Å²) in [4.78, 5) is 12.6. The van der Waals surface area contributed by atoms with Crippen molar-refractivity contribution >= 4 is 26.8 Å². The summed E-state index contributed by atoms with van der Waals surface area (Å²) < 4.78 is 37.6. The molecule has 1 fully saturated rings. The first kappa shape index (κ1) is 18.6. The Morgan fingerprint density at radius 2 is 1.64 bits per heavy atom. The number of benzene rings is 3. The zero-order chi connectivity index (χ0) is 19.6. The van der Waals surface area contributed by atoms with Gasteiger partial charge in [0.1, 0.15) is 5.75 Å². The SMILES string of the molecule is O=C(Oc1ccc2ccccc2c1)c1cccc(S(=O)(=O)N2CCOCC2)c1. The minimum absolute atomic E-state index is 0.0716. The minimum Gasteiger partial charge on any atom is -0.423 e. The molecule has 7 heteroatoms. The first-order chi connectivity index (χ1) is 13.5. The number of esters is 1. The third-order valence-corrected chi connectivity index (χ3v) is 6.50. The van der Waals surface area contributed by atoms with E-state index in [2.05, 4.69) is 0 Å². The normalized spacial score (nSPS) is 15.4. The molecule has 4 rings (SSSR count). The minimum atomic E-state index is -3.67. The summed E-state index contributed by atoms with van der Waals surface area (Å²) in [6.45, 7) is 1.33. The summed E-state index contributed by atoms with van der Waals surface area (Å²) in [7, 11) is -3.67. The van der Waals surface area contributed by atoms with Gasteiger partial charge in [-0.15, -0.1) is 0 Å². The maximum absolute atomic E-state index is 12.8. The molecule has 0 N–H and O–H groups in total. The zero-order valence-corrected chi connectivity index (χ0v) is 15.9. The summed E-state index contributed by atoms with van der Waals surface area (Å²) in [5.41, 5.74) is 0.183. The molecule has 0 aromatic heterocycles. The van der Waals surface area contributed by atoms with Gasteiger partial charge >= 0.3 is 5.97 Å². The van der Waals surface area contributed by atoms with Crippen LogP contribution in [-0.4, -0.2) is 45.0 Å². The van der Waals surface area contributed by atoms with E-state index in [1.165, 1.54) is 16.4 Å². The lowest BCUT2D eigenvalue weighted by Crippen LogP contribution is -2.40. The van der Waals surface area contributed by atoms with E-state index in [1.54, 1.807) is 24.3 Å². The number of hydrogen-bond acceptors (Lipinski definition) is 5. The number of morpholine rings is 1. The zero-order valence-electron chi connectivity index (χ0n) is 15.1. The molecule has 28 heavy (non-hydrogen) atoms. The number of sulfonamides is 1. The average molecular weight is 397 g/mol. The fourth-order valence-electron chi connectivity index (χ4n) is 3.12. The van der Waals surface area contributed by atoms with Crippen LogP contribution in [0.5, 0.6) is 5.75 Å². The van der Waals surface area contributed by atoms with E-state index in [0.717, 1.165) is 10.8 Å². The molecule has 1 saturated heterocycles. The highest BCUT2D eigenvalue weighted by molar-refractivity contribution is 7.89. The number of carbonyl (C=O) groups is 1. The lowest BCUT2D eigenvalue weighted by atomic mass is 10.1. The lowest BCUT2D eigenvalue weighted by Gasteiger charge is -2.26. The van der Waals surface area contributed by atoms with Crippen LogP contribution in [0.25, 0.3) is 10.8 Å². The Kier molecular flexibility index (Phi) is 5.13. The van der Waals surface area contributed by atoms with E-state index < -0.39 is 16.0 Å². The van der Waals surface area contributed by atoms with Gasteiger partial charge in [-0.2, -0.15) is 4.31 Å². The molecule has 0 atom stereocenters. The average Bonchev–Trinajstić information content (AvgIpc) is 2.74. The van der Waals surface area contributed by atoms with Crippen molar-refractivity contribution in [1.82, 2.24) is 4.31 Å². The van der Waals surface area contributed by atoms with Crippen LogP contribution in [0.4, 0.5) is 0 Å². The molecule has 0 amide bonds. The first-order valence-corrected chi connectivity index (χ1v) is 10.4. The Morgan fingerprint density at radius 1 is 0.893 bits per heavy atom. The van der Waals surface area contributed by atoms with Crippen LogP contribution in [-0.2, 0) is 14.8 Å². The molecule has 6 nitrogen and oxygen atoms in total. The van der Waals surface area contributed by atoms with Gasteiger partial charge in [-0.3, -0.25) is 0 Å². The summed E-state index contributed by atoms with van der Waals surface area (Å²) in [6, 6.07) is 19.1. The fourth-order valence-corrected chi connectivity index (χ4v) is 4.57. The highest BCUT2D eigenvalue weighted by atomic mass is 32.2. The van der Waals surface area contributed by atoms with Crippen LogP contribution in [0.3, 0.4) is 0 Å². The number of ether oxygens (including phenoxy) is 2. The van der Waals surface area contributed by atoms with Gasteiger partial charge in [-0.25, -0.2) is 13.2 Å². The quantitative estimate of drug-likeness (QED) is 0.500. The highest BCUT2D eigenvalue weighted by Gasteiger charge is 2.27. The molecule has 0 unspecified atom stereocenters. The van der Waals surface area contributed by atoms with Crippen molar-refractivity contribution in [3.05, 3.63) is 72.3 Å². The summed E-state index contributed by atoms with van der Waals surface area (Å²) in [6.07, 6.45) is 0. The predicted molar refractivity (Wildman–Crippen MR) is 105 cm³/mol. The van der Waals surface area contributed by atoms with E-state index in [1.807, 2.05) is 30.3 Å². The fraction of sp³-hybridized carbons (Fsp3) is 0.190. The van der Waals surface area contributed by atoms with Crippen molar-refractivity contribution in [1.29, 1.82) is 0 Å².